The molecule has 202 valence electrons. The van der Waals surface area contributed by atoms with Crippen LogP contribution in [0.5, 0.6) is 0 Å². The first kappa shape index (κ1) is 27.7. The molecule has 12 heteroatoms. The average Bonchev–Trinajstić information content (AvgIpc) is 3.47. The Bertz CT molecular complexity index is 1590. The molecule has 0 aliphatic heterocycles. The Kier molecular flexibility index (Phi) is 7.87. The van der Waals surface area contributed by atoms with Crippen molar-refractivity contribution in [2.75, 3.05) is 10.6 Å². The van der Waals surface area contributed by atoms with Crippen LogP contribution in [0.15, 0.2) is 69.7 Å². The predicted molar refractivity (Wildman–Crippen MR) is 156 cm³/mol. The zero-order valence-electron chi connectivity index (χ0n) is 20.8. The Balaban J connectivity index is 1.35. The summed E-state index contributed by atoms with van der Waals surface area (Å²) in [6, 6.07) is 16.5. The maximum Gasteiger partial charge on any atom is 0.261 e. The summed E-state index contributed by atoms with van der Waals surface area (Å²) in [6.45, 7) is 3.23. The standard InChI is InChI=1S/C28H18Cl4N4O4/c1-13-21(25(35-39-13)23-17(29)5-3-6-18(23)30)27(37)33-15-9-11-16(12-10-15)34-28(38)22-14(2)40-36-26(22)24-19(31)7-4-8-20(24)32/h3-12H,1-2H3,(H,33,37)(H,34,38). The Morgan fingerprint density at radius 1 is 0.600 bits per heavy atom. The number of anilines is 2. The van der Waals surface area contributed by atoms with Gasteiger partial charge in [0.15, 0.2) is 0 Å². The SMILES string of the molecule is Cc1onc(-c2c(Cl)cccc2Cl)c1C(=O)Nc1ccc(NC(=O)c2c(-c3c(Cl)cccc3Cl)noc2C)cc1. The maximum atomic E-state index is 13.2. The van der Waals surface area contributed by atoms with Crippen LogP contribution < -0.4 is 10.6 Å². The highest BCUT2D eigenvalue weighted by atomic mass is 35.5. The van der Waals surface area contributed by atoms with E-state index in [1.807, 2.05) is 0 Å². The van der Waals surface area contributed by atoms with Crippen LogP contribution in [0.1, 0.15) is 32.2 Å². The number of carbonyl (C=O) groups excluding carboxylic acids is 2. The summed E-state index contributed by atoms with van der Waals surface area (Å²) in [6.07, 6.45) is 0. The first-order valence-corrected chi connectivity index (χ1v) is 13.2. The molecule has 3 aromatic carbocycles. The van der Waals surface area contributed by atoms with Gasteiger partial charge in [-0.05, 0) is 62.4 Å². The molecule has 2 N–H and O–H groups in total. The van der Waals surface area contributed by atoms with Crippen LogP contribution in [0.25, 0.3) is 22.5 Å². The number of rotatable bonds is 6. The molecule has 0 fully saturated rings. The van der Waals surface area contributed by atoms with Gasteiger partial charge in [-0.25, -0.2) is 0 Å². The van der Waals surface area contributed by atoms with Crippen LogP contribution in [-0.4, -0.2) is 22.1 Å². The molecule has 0 spiro atoms. The maximum absolute atomic E-state index is 13.2. The summed E-state index contributed by atoms with van der Waals surface area (Å²) in [5, 5.41) is 14.9. The average molecular weight is 616 g/mol. The molecule has 0 saturated heterocycles. The summed E-state index contributed by atoms with van der Waals surface area (Å²) < 4.78 is 10.6. The predicted octanol–water partition coefficient (Wildman–Crippen LogP) is 8.73. The van der Waals surface area contributed by atoms with Crippen molar-refractivity contribution in [2.24, 2.45) is 0 Å². The van der Waals surface area contributed by atoms with Crippen molar-refractivity contribution in [1.29, 1.82) is 0 Å². The number of nitrogens with zero attached hydrogens (tertiary/aromatic N) is 2. The largest absolute Gasteiger partial charge is 0.360 e. The topological polar surface area (TPSA) is 110 Å². The number of nitrogens with one attached hydrogen (secondary N) is 2. The van der Waals surface area contributed by atoms with Crippen molar-refractivity contribution in [3.05, 3.63) is 103 Å². The second kappa shape index (κ2) is 11.3. The van der Waals surface area contributed by atoms with Crippen LogP contribution in [-0.2, 0) is 0 Å². The number of aromatic nitrogens is 2. The Labute approximate surface area is 248 Å². The quantitative estimate of drug-likeness (QED) is 0.198. The van der Waals surface area contributed by atoms with Gasteiger partial charge >= 0.3 is 0 Å². The van der Waals surface area contributed by atoms with E-state index >= 15 is 0 Å². The molecule has 0 unspecified atom stereocenters. The van der Waals surface area contributed by atoms with Crippen molar-refractivity contribution in [3.8, 4) is 22.5 Å². The van der Waals surface area contributed by atoms with E-state index in [1.54, 1.807) is 74.5 Å². The van der Waals surface area contributed by atoms with E-state index < -0.39 is 11.8 Å². The Morgan fingerprint density at radius 3 is 1.25 bits per heavy atom. The van der Waals surface area contributed by atoms with Crippen LogP contribution in [0.2, 0.25) is 20.1 Å². The molecular formula is C28H18Cl4N4O4. The van der Waals surface area contributed by atoms with Crippen molar-refractivity contribution in [3.63, 3.8) is 0 Å². The van der Waals surface area contributed by atoms with Crippen molar-refractivity contribution < 1.29 is 18.6 Å². The number of aryl methyl sites for hydroxylation is 2. The number of hydrogen-bond donors (Lipinski definition) is 2. The van der Waals surface area contributed by atoms with E-state index in [4.69, 9.17) is 55.4 Å². The van der Waals surface area contributed by atoms with E-state index in [2.05, 4.69) is 20.9 Å². The minimum absolute atomic E-state index is 0.195. The molecule has 2 amide bonds. The molecular weight excluding hydrogens is 598 g/mol. The van der Waals surface area contributed by atoms with Crippen LogP contribution in [0, 0.1) is 13.8 Å². The zero-order chi connectivity index (χ0) is 28.6. The fourth-order valence-corrected chi connectivity index (χ4v) is 5.25. The molecule has 5 rings (SSSR count). The smallest absolute Gasteiger partial charge is 0.261 e. The third-order valence-electron chi connectivity index (χ3n) is 5.98. The Hall–Kier alpha value is -3.82. The third kappa shape index (κ3) is 5.31. The molecule has 0 radical (unpaired) electrons. The second-order valence-electron chi connectivity index (χ2n) is 8.60. The van der Waals surface area contributed by atoms with Gasteiger partial charge in [0, 0.05) is 22.5 Å². The minimum Gasteiger partial charge on any atom is -0.360 e. The fourth-order valence-electron chi connectivity index (χ4n) is 4.09. The molecule has 2 heterocycles. The number of benzene rings is 3. The highest BCUT2D eigenvalue weighted by molar-refractivity contribution is 6.40. The summed E-state index contributed by atoms with van der Waals surface area (Å²) in [4.78, 5) is 26.4. The van der Waals surface area contributed by atoms with E-state index in [1.165, 1.54) is 0 Å². The van der Waals surface area contributed by atoms with E-state index in [0.29, 0.717) is 54.1 Å². The van der Waals surface area contributed by atoms with Gasteiger partial charge in [0.25, 0.3) is 11.8 Å². The molecule has 0 bridgehead atoms. The zero-order valence-corrected chi connectivity index (χ0v) is 23.8. The molecule has 2 aromatic heterocycles. The van der Waals surface area contributed by atoms with Crippen LogP contribution >= 0.6 is 46.4 Å². The second-order valence-corrected chi connectivity index (χ2v) is 10.2. The first-order valence-electron chi connectivity index (χ1n) is 11.7. The van der Waals surface area contributed by atoms with Gasteiger partial charge in [-0.1, -0.05) is 68.8 Å². The van der Waals surface area contributed by atoms with Gasteiger partial charge in [0.05, 0.1) is 20.1 Å². The molecule has 40 heavy (non-hydrogen) atoms. The highest BCUT2D eigenvalue weighted by Crippen LogP contribution is 2.38. The lowest BCUT2D eigenvalue weighted by atomic mass is 10.0. The van der Waals surface area contributed by atoms with E-state index in [-0.39, 0.29) is 22.5 Å². The first-order chi connectivity index (χ1) is 19.2. The highest BCUT2D eigenvalue weighted by Gasteiger charge is 2.26. The van der Waals surface area contributed by atoms with E-state index in [0.717, 1.165) is 0 Å². The normalized spacial score (nSPS) is 10.9. The molecule has 0 saturated carbocycles. The van der Waals surface area contributed by atoms with Gasteiger partial charge in [-0.3, -0.25) is 9.59 Å². The number of halogens is 4. The number of amides is 2. The lowest BCUT2D eigenvalue weighted by Crippen LogP contribution is -2.15. The monoisotopic (exact) mass is 614 g/mol. The summed E-state index contributed by atoms with van der Waals surface area (Å²) in [5.41, 5.74) is 2.57. The van der Waals surface area contributed by atoms with Crippen LogP contribution in [0.4, 0.5) is 11.4 Å². The van der Waals surface area contributed by atoms with Crippen molar-refractivity contribution in [1.82, 2.24) is 10.3 Å². The van der Waals surface area contributed by atoms with Gasteiger partial charge in [-0.15, -0.1) is 0 Å². The number of carbonyl (C=O) groups is 2. The van der Waals surface area contributed by atoms with Gasteiger partial charge in [0.2, 0.25) is 0 Å². The van der Waals surface area contributed by atoms with Gasteiger partial charge in [-0.2, -0.15) is 0 Å². The molecule has 0 aliphatic carbocycles. The fraction of sp³-hybridized carbons (Fsp3) is 0.0714. The van der Waals surface area contributed by atoms with Crippen LogP contribution in [0.3, 0.4) is 0 Å². The molecule has 5 aromatic rings. The summed E-state index contributed by atoms with van der Waals surface area (Å²) in [5.74, 6) is -0.345. The van der Waals surface area contributed by atoms with Crippen molar-refractivity contribution >= 4 is 69.6 Å². The van der Waals surface area contributed by atoms with Crippen molar-refractivity contribution in [2.45, 2.75) is 13.8 Å². The number of hydrogen-bond acceptors (Lipinski definition) is 6. The lowest BCUT2D eigenvalue weighted by Gasteiger charge is -2.10. The minimum atomic E-state index is -0.470. The third-order valence-corrected chi connectivity index (χ3v) is 7.24. The molecule has 8 nitrogen and oxygen atoms in total. The van der Waals surface area contributed by atoms with E-state index in [9.17, 15) is 9.59 Å². The summed E-state index contributed by atoms with van der Waals surface area (Å²) >= 11 is 25.3. The van der Waals surface area contributed by atoms with Gasteiger partial charge < -0.3 is 19.7 Å². The Morgan fingerprint density at radius 2 is 0.925 bits per heavy atom. The molecule has 0 atom stereocenters. The van der Waals surface area contributed by atoms with Gasteiger partial charge in [0.1, 0.15) is 34.0 Å². The summed E-state index contributed by atoms with van der Waals surface area (Å²) in [7, 11) is 0. The molecule has 0 aliphatic rings. The lowest BCUT2D eigenvalue weighted by molar-refractivity contribution is 0.101.